The number of nitrogens with zero attached hydrogens (tertiary/aromatic N) is 2. The molecule has 17 heavy (non-hydrogen) atoms. The summed E-state index contributed by atoms with van der Waals surface area (Å²) in [6.45, 7) is 7.75. The van der Waals surface area contributed by atoms with Crippen molar-refractivity contribution >= 4 is 15.9 Å². The molecule has 0 spiro atoms. The van der Waals surface area contributed by atoms with Crippen LogP contribution in [-0.4, -0.2) is 23.4 Å². The van der Waals surface area contributed by atoms with Crippen molar-refractivity contribution in [2.75, 3.05) is 13.6 Å². The first-order chi connectivity index (χ1) is 7.97. The molecule has 0 aliphatic carbocycles. The van der Waals surface area contributed by atoms with Gasteiger partial charge in [0.2, 0.25) is 0 Å². The zero-order valence-corrected chi connectivity index (χ0v) is 13.2. The fourth-order valence-corrected chi connectivity index (χ4v) is 2.91. The standard InChI is InChI=1S/C13H24BrN3/c1-6-10-12(14)11(17(5)16-10)8-13(3,7-2)9-15-4/h15H,6-9H2,1-5H3. The lowest BCUT2D eigenvalue weighted by Crippen LogP contribution is -2.32. The monoisotopic (exact) mass is 301 g/mol. The third-order valence-corrected chi connectivity index (χ3v) is 4.47. The van der Waals surface area contributed by atoms with Crippen molar-refractivity contribution in [1.29, 1.82) is 0 Å². The second-order valence-corrected chi connectivity index (χ2v) is 5.85. The van der Waals surface area contributed by atoms with Crippen LogP contribution in [0.1, 0.15) is 38.6 Å². The van der Waals surface area contributed by atoms with Gasteiger partial charge in [-0.2, -0.15) is 5.10 Å². The van der Waals surface area contributed by atoms with Crippen LogP contribution in [0.2, 0.25) is 0 Å². The number of halogens is 1. The molecule has 98 valence electrons. The molecule has 4 heteroatoms. The van der Waals surface area contributed by atoms with Crippen LogP contribution in [0.25, 0.3) is 0 Å². The van der Waals surface area contributed by atoms with Gasteiger partial charge in [0.1, 0.15) is 0 Å². The van der Waals surface area contributed by atoms with Crippen molar-refractivity contribution in [1.82, 2.24) is 15.1 Å². The highest BCUT2D eigenvalue weighted by molar-refractivity contribution is 9.10. The molecule has 1 heterocycles. The van der Waals surface area contributed by atoms with Crippen molar-refractivity contribution in [2.24, 2.45) is 12.5 Å². The van der Waals surface area contributed by atoms with E-state index in [1.165, 1.54) is 10.2 Å². The van der Waals surface area contributed by atoms with E-state index in [0.29, 0.717) is 0 Å². The van der Waals surface area contributed by atoms with Gasteiger partial charge in [0.25, 0.3) is 0 Å². The van der Waals surface area contributed by atoms with E-state index in [-0.39, 0.29) is 5.41 Å². The van der Waals surface area contributed by atoms with Crippen LogP contribution >= 0.6 is 15.9 Å². The summed E-state index contributed by atoms with van der Waals surface area (Å²) in [5.41, 5.74) is 2.75. The van der Waals surface area contributed by atoms with Crippen LogP contribution in [-0.2, 0) is 19.9 Å². The normalized spacial score (nSPS) is 14.9. The zero-order valence-electron chi connectivity index (χ0n) is 11.6. The molecule has 1 rings (SSSR count). The fourth-order valence-electron chi connectivity index (χ4n) is 2.16. The number of rotatable bonds is 6. The third kappa shape index (κ3) is 3.32. The van der Waals surface area contributed by atoms with E-state index in [9.17, 15) is 0 Å². The molecule has 1 aromatic heterocycles. The molecule has 0 aliphatic heterocycles. The largest absolute Gasteiger partial charge is 0.319 e. The number of aromatic nitrogens is 2. The van der Waals surface area contributed by atoms with Gasteiger partial charge < -0.3 is 5.32 Å². The molecule has 0 bridgehead atoms. The van der Waals surface area contributed by atoms with E-state index < -0.39 is 0 Å². The number of aryl methyl sites for hydroxylation is 2. The number of hydrogen-bond donors (Lipinski definition) is 1. The second kappa shape index (κ2) is 6.01. The smallest absolute Gasteiger partial charge is 0.0766 e. The molecule has 3 nitrogen and oxygen atoms in total. The molecule has 0 saturated heterocycles. The average molecular weight is 302 g/mol. The van der Waals surface area contributed by atoms with Crippen LogP contribution in [0.5, 0.6) is 0 Å². The maximum absolute atomic E-state index is 4.56. The van der Waals surface area contributed by atoms with Crippen molar-refractivity contribution < 1.29 is 0 Å². The highest BCUT2D eigenvalue weighted by Crippen LogP contribution is 2.31. The first-order valence-electron chi connectivity index (χ1n) is 6.32. The van der Waals surface area contributed by atoms with Crippen molar-refractivity contribution in [3.05, 3.63) is 15.9 Å². The topological polar surface area (TPSA) is 29.9 Å². The predicted molar refractivity (Wildman–Crippen MR) is 76.3 cm³/mol. The molecular weight excluding hydrogens is 278 g/mol. The van der Waals surface area contributed by atoms with Crippen LogP contribution in [0, 0.1) is 5.41 Å². The molecule has 1 aromatic rings. The minimum atomic E-state index is 0.288. The molecule has 0 saturated carbocycles. The fraction of sp³-hybridized carbons (Fsp3) is 0.769. The van der Waals surface area contributed by atoms with Gasteiger partial charge in [-0.05, 0) is 47.7 Å². The molecule has 1 unspecified atom stereocenters. The van der Waals surface area contributed by atoms with Crippen molar-refractivity contribution in [3.8, 4) is 0 Å². The summed E-state index contributed by atoms with van der Waals surface area (Å²) in [5, 5.41) is 7.85. The summed E-state index contributed by atoms with van der Waals surface area (Å²) >= 11 is 3.69. The summed E-state index contributed by atoms with van der Waals surface area (Å²) in [4.78, 5) is 0. The Morgan fingerprint density at radius 1 is 1.41 bits per heavy atom. The van der Waals surface area contributed by atoms with Crippen molar-refractivity contribution in [3.63, 3.8) is 0 Å². The Morgan fingerprint density at radius 3 is 2.47 bits per heavy atom. The summed E-state index contributed by atoms with van der Waals surface area (Å²) in [7, 11) is 4.05. The minimum absolute atomic E-state index is 0.288. The summed E-state index contributed by atoms with van der Waals surface area (Å²) in [5.74, 6) is 0. The van der Waals surface area contributed by atoms with Gasteiger partial charge in [-0.25, -0.2) is 0 Å². The quantitative estimate of drug-likeness (QED) is 0.875. The van der Waals surface area contributed by atoms with Gasteiger partial charge in [-0.15, -0.1) is 0 Å². The second-order valence-electron chi connectivity index (χ2n) is 5.06. The molecule has 0 aromatic carbocycles. The van der Waals surface area contributed by atoms with Gasteiger partial charge >= 0.3 is 0 Å². The Morgan fingerprint density at radius 2 is 2.06 bits per heavy atom. The predicted octanol–water partition coefficient (Wildman–Crippen LogP) is 2.92. The number of hydrogen-bond acceptors (Lipinski definition) is 2. The minimum Gasteiger partial charge on any atom is -0.319 e. The SMILES string of the molecule is CCc1nn(C)c(CC(C)(CC)CNC)c1Br. The molecule has 1 atom stereocenters. The Bertz CT molecular complexity index is 373. The van der Waals surface area contributed by atoms with Crippen LogP contribution < -0.4 is 5.32 Å². The van der Waals surface area contributed by atoms with Gasteiger partial charge in [0, 0.05) is 13.6 Å². The highest BCUT2D eigenvalue weighted by Gasteiger charge is 2.25. The average Bonchev–Trinajstić information content (AvgIpc) is 2.57. The Hall–Kier alpha value is -0.350. The lowest BCUT2D eigenvalue weighted by atomic mass is 9.82. The Kier molecular flexibility index (Phi) is 5.20. The van der Waals surface area contributed by atoms with E-state index >= 15 is 0 Å². The molecule has 0 amide bonds. The lowest BCUT2D eigenvalue weighted by Gasteiger charge is -2.28. The van der Waals surface area contributed by atoms with E-state index in [4.69, 9.17) is 0 Å². The molecule has 0 aliphatic rings. The van der Waals surface area contributed by atoms with Gasteiger partial charge in [0.15, 0.2) is 0 Å². The van der Waals surface area contributed by atoms with Gasteiger partial charge in [-0.3, -0.25) is 4.68 Å². The van der Waals surface area contributed by atoms with Gasteiger partial charge in [0.05, 0.1) is 15.9 Å². The molecule has 0 radical (unpaired) electrons. The molecule has 0 fully saturated rings. The van der Waals surface area contributed by atoms with Crippen LogP contribution in [0.3, 0.4) is 0 Å². The highest BCUT2D eigenvalue weighted by atomic mass is 79.9. The Labute approximate surface area is 113 Å². The molecule has 1 N–H and O–H groups in total. The van der Waals surface area contributed by atoms with Crippen LogP contribution in [0.4, 0.5) is 0 Å². The van der Waals surface area contributed by atoms with E-state index in [2.05, 4.69) is 47.1 Å². The molecular formula is C13H24BrN3. The summed E-state index contributed by atoms with van der Waals surface area (Å²) in [6.07, 6.45) is 3.19. The van der Waals surface area contributed by atoms with Crippen LogP contribution in [0.15, 0.2) is 4.47 Å². The lowest BCUT2D eigenvalue weighted by molar-refractivity contribution is 0.291. The van der Waals surface area contributed by atoms with E-state index in [0.717, 1.165) is 31.5 Å². The summed E-state index contributed by atoms with van der Waals surface area (Å²) in [6, 6.07) is 0. The third-order valence-electron chi connectivity index (χ3n) is 3.55. The first kappa shape index (κ1) is 14.7. The maximum Gasteiger partial charge on any atom is 0.0766 e. The summed E-state index contributed by atoms with van der Waals surface area (Å²) < 4.78 is 3.21. The van der Waals surface area contributed by atoms with Crippen molar-refractivity contribution in [2.45, 2.75) is 40.0 Å². The number of nitrogens with one attached hydrogen (secondary N) is 1. The Balaban J connectivity index is 2.97. The maximum atomic E-state index is 4.56. The van der Waals surface area contributed by atoms with E-state index in [1.807, 2.05) is 18.8 Å². The van der Waals surface area contributed by atoms with Gasteiger partial charge in [-0.1, -0.05) is 20.8 Å². The zero-order chi connectivity index (χ0) is 13.1. The van der Waals surface area contributed by atoms with E-state index in [1.54, 1.807) is 0 Å². The first-order valence-corrected chi connectivity index (χ1v) is 7.11.